The minimum atomic E-state index is 0.110. The monoisotopic (exact) mass is 247 g/mol. The molecule has 0 saturated heterocycles. The first-order valence-electron chi connectivity index (χ1n) is 6.30. The summed E-state index contributed by atoms with van der Waals surface area (Å²) in [6.45, 7) is 11.2. The summed E-state index contributed by atoms with van der Waals surface area (Å²) in [6.07, 6.45) is 1.81. The first-order valence-corrected chi connectivity index (χ1v) is 6.30. The molecule has 0 aliphatic rings. The maximum Gasteiger partial charge on any atom is 0.125 e. The summed E-state index contributed by atoms with van der Waals surface area (Å²) < 4.78 is 3.89. The van der Waals surface area contributed by atoms with Gasteiger partial charge in [-0.15, -0.1) is 0 Å². The highest BCUT2D eigenvalue weighted by atomic mass is 15.3. The van der Waals surface area contributed by atoms with Gasteiger partial charge in [0.05, 0.1) is 17.9 Å². The number of aryl methyl sites for hydroxylation is 3. The number of aromatic nitrogens is 4. The summed E-state index contributed by atoms with van der Waals surface area (Å²) in [4.78, 5) is 0. The zero-order chi connectivity index (χ0) is 13.4. The molecule has 2 heterocycles. The Morgan fingerprint density at radius 3 is 2.44 bits per heavy atom. The predicted octanol–water partition coefficient (Wildman–Crippen LogP) is 2.22. The first kappa shape index (κ1) is 12.7. The average molecular weight is 247 g/mol. The van der Waals surface area contributed by atoms with E-state index in [-0.39, 0.29) is 6.04 Å². The van der Waals surface area contributed by atoms with Crippen molar-refractivity contribution in [3.05, 3.63) is 28.7 Å². The van der Waals surface area contributed by atoms with Gasteiger partial charge in [-0.05, 0) is 34.6 Å². The van der Waals surface area contributed by atoms with Crippen molar-refractivity contribution in [1.82, 2.24) is 19.6 Å². The lowest BCUT2D eigenvalue weighted by molar-refractivity contribution is 0.564. The molecular formula is C13H21N5. The predicted molar refractivity (Wildman–Crippen MR) is 72.6 cm³/mol. The molecule has 1 unspecified atom stereocenters. The summed E-state index contributed by atoms with van der Waals surface area (Å²) >= 11 is 0. The molecular weight excluding hydrogens is 226 g/mol. The Labute approximate surface area is 108 Å². The third kappa shape index (κ3) is 1.79. The highest BCUT2D eigenvalue weighted by Gasteiger charge is 2.20. The van der Waals surface area contributed by atoms with Gasteiger partial charge in [-0.25, -0.2) is 4.68 Å². The van der Waals surface area contributed by atoms with Crippen molar-refractivity contribution in [3.8, 4) is 0 Å². The van der Waals surface area contributed by atoms with Crippen molar-refractivity contribution in [2.24, 2.45) is 0 Å². The zero-order valence-electron chi connectivity index (χ0n) is 11.7. The highest BCUT2D eigenvalue weighted by molar-refractivity contribution is 5.40. The van der Waals surface area contributed by atoms with Crippen LogP contribution in [0.5, 0.6) is 0 Å². The number of nitrogens with zero attached hydrogens (tertiary/aromatic N) is 4. The maximum atomic E-state index is 6.05. The van der Waals surface area contributed by atoms with Crippen LogP contribution in [0, 0.1) is 20.8 Å². The number of hydrogen-bond acceptors (Lipinski definition) is 3. The second kappa shape index (κ2) is 4.48. The molecule has 2 N–H and O–H groups in total. The van der Waals surface area contributed by atoms with E-state index in [1.54, 1.807) is 6.20 Å². The summed E-state index contributed by atoms with van der Waals surface area (Å²) in [5.74, 6) is 0.727. The molecule has 2 rings (SSSR count). The molecule has 0 radical (unpaired) electrons. The molecule has 0 fully saturated rings. The molecule has 5 nitrogen and oxygen atoms in total. The standard InChI is InChI=1S/C13H21N5/c1-6-17-10(4)12(9(3)16-17)11(5)18-13(14)8(2)7-15-18/h7,11H,6,14H2,1-5H3. The van der Waals surface area contributed by atoms with Crippen molar-refractivity contribution in [2.45, 2.75) is 47.2 Å². The van der Waals surface area contributed by atoms with E-state index in [4.69, 9.17) is 5.73 Å². The third-order valence-electron chi connectivity index (χ3n) is 3.55. The number of nitrogens with two attached hydrogens (primary N) is 1. The summed E-state index contributed by atoms with van der Waals surface area (Å²) in [6, 6.07) is 0.110. The van der Waals surface area contributed by atoms with Crippen molar-refractivity contribution >= 4 is 5.82 Å². The maximum absolute atomic E-state index is 6.05. The van der Waals surface area contributed by atoms with Gasteiger partial charge in [0.25, 0.3) is 0 Å². The van der Waals surface area contributed by atoms with Crippen molar-refractivity contribution in [1.29, 1.82) is 0 Å². The van der Waals surface area contributed by atoms with E-state index in [2.05, 4.69) is 31.0 Å². The molecule has 0 bridgehead atoms. The molecule has 0 amide bonds. The fraction of sp³-hybridized carbons (Fsp3) is 0.538. The minimum absolute atomic E-state index is 0.110. The first-order chi connectivity index (χ1) is 8.47. The minimum Gasteiger partial charge on any atom is -0.384 e. The number of rotatable bonds is 3. The van der Waals surface area contributed by atoms with Crippen molar-refractivity contribution in [3.63, 3.8) is 0 Å². The normalized spacial score (nSPS) is 12.9. The fourth-order valence-corrected chi connectivity index (χ4v) is 2.51. The van der Waals surface area contributed by atoms with Crippen LogP contribution in [-0.2, 0) is 6.54 Å². The lowest BCUT2D eigenvalue weighted by Crippen LogP contribution is -2.13. The Bertz CT molecular complexity index is 564. The smallest absolute Gasteiger partial charge is 0.125 e. The van der Waals surface area contributed by atoms with Crippen LogP contribution in [0.4, 0.5) is 5.82 Å². The van der Waals surface area contributed by atoms with Gasteiger partial charge in [0.15, 0.2) is 0 Å². The van der Waals surface area contributed by atoms with Crippen LogP contribution in [-0.4, -0.2) is 19.6 Å². The highest BCUT2D eigenvalue weighted by Crippen LogP contribution is 2.27. The molecule has 0 aromatic carbocycles. The molecule has 0 aliphatic heterocycles. The fourth-order valence-electron chi connectivity index (χ4n) is 2.51. The molecule has 0 aliphatic carbocycles. The van der Waals surface area contributed by atoms with Gasteiger partial charge in [-0.2, -0.15) is 10.2 Å². The molecule has 18 heavy (non-hydrogen) atoms. The van der Waals surface area contributed by atoms with E-state index < -0.39 is 0 Å². The molecule has 2 aromatic rings. The Hall–Kier alpha value is -1.78. The molecule has 0 spiro atoms. The van der Waals surface area contributed by atoms with Gasteiger partial charge in [0, 0.05) is 23.4 Å². The summed E-state index contributed by atoms with van der Waals surface area (Å²) in [5, 5.41) is 8.91. The average Bonchev–Trinajstić information content (AvgIpc) is 2.80. The zero-order valence-corrected chi connectivity index (χ0v) is 11.7. The molecule has 2 aromatic heterocycles. The lowest BCUT2D eigenvalue weighted by Gasteiger charge is -2.15. The summed E-state index contributed by atoms with van der Waals surface area (Å²) in [7, 11) is 0. The summed E-state index contributed by atoms with van der Waals surface area (Å²) in [5.41, 5.74) is 10.5. The molecule has 0 saturated carbocycles. The SMILES string of the molecule is CCn1nc(C)c(C(C)n2ncc(C)c2N)c1C. The number of nitrogen functional groups attached to an aromatic ring is 1. The van der Waals surface area contributed by atoms with Gasteiger partial charge in [0.2, 0.25) is 0 Å². The topological polar surface area (TPSA) is 61.7 Å². The molecule has 5 heteroatoms. The van der Waals surface area contributed by atoms with Crippen molar-refractivity contribution < 1.29 is 0 Å². The third-order valence-corrected chi connectivity index (χ3v) is 3.55. The molecule has 1 atom stereocenters. The van der Waals surface area contributed by atoms with E-state index in [9.17, 15) is 0 Å². The van der Waals surface area contributed by atoms with Crippen LogP contribution in [0.2, 0.25) is 0 Å². The van der Waals surface area contributed by atoms with Crippen LogP contribution < -0.4 is 5.73 Å². The number of hydrogen-bond donors (Lipinski definition) is 1. The Kier molecular flexibility index (Phi) is 3.15. The number of anilines is 1. The van der Waals surface area contributed by atoms with E-state index >= 15 is 0 Å². The van der Waals surface area contributed by atoms with Gasteiger partial charge in [-0.1, -0.05) is 0 Å². The molecule has 98 valence electrons. The lowest BCUT2D eigenvalue weighted by atomic mass is 10.1. The van der Waals surface area contributed by atoms with Crippen LogP contribution in [0.25, 0.3) is 0 Å². The van der Waals surface area contributed by atoms with Crippen molar-refractivity contribution in [2.75, 3.05) is 5.73 Å². The van der Waals surface area contributed by atoms with Crippen LogP contribution in [0.15, 0.2) is 6.20 Å². The second-order valence-corrected chi connectivity index (χ2v) is 4.73. The van der Waals surface area contributed by atoms with Crippen LogP contribution >= 0.6 is 0 Å². The Morgan fingerprint density at radius 1 is 1.33 bits per heavy atom. The van der Waals surface area contributed by atoms with E-state index in [1.807, 2.05) is 23.2 Å². The van der Waals surface area contributed by atoms with E-state index in [0.29, 0.717) is 0 Å². The van der Waals surface area contributed by atoms with E-state index in [1.165, 1.54) is 11.3 Å². The van der Waals surface area contributed by atoms with Crippen LogP contribution in [0.1, 0.15) is 42.4 Å². The van der Waals surface area contributed by atoms with Crippen LogP contribution in [0.3, 0.4) is 0 Å². The van der Waals surface area contributed by atoms with Gasteiger partial charge in [0.1, 0.15) is 5.82 Å². The largest absolute Gasteiger partial charge is 0.384 e. The van der Waals surface area contributed by atoms with Gasteiger partial charge in [-0.3, -0.25) is 4.68 Å². The van der Waals surface area contributed by atoms with E-state index in [0.717, 1.165) is 23.6 Å². The Balaban J connectivity index is 2.49. The Morgan fingerprint density at radius 2 is 2.00 bits per heavy atom. The second-order valence-electron chi connectivity index (χ2n) is 4.73. The van der Waals surface area contributed by atoms with Gasteiger partial charge < -0.3 is 5.73 Å². The quantitative estimate of drug-likeness (QED) is 0.904. The van der Waals surface area contributed by atoms with Gasteiger partial charge >= 0.3 is 0 Å².